The Labute approximate surface area is 78.6 Å². The van der Waals surface area contributed by atoms with Crippen molar-refractivity contribution in [3.8, 4) is 0 Å². The summed E-state index contributed by atoms with van der Waals surface area (Å²) in [7, 11) is 0. The van der Waals surface area contributed by atoms with E-state index in [0.29, 0.717) is 0 Å². The largest absolute Gasteiger partial charge is 0.289 e. The molecular weight excluding hydrogens is 184 g/mol. The van der Waals surface area contributed by atoms with Gasteiger partial charge in [-0.1, -0.05) is 0 Å². The van der Waals surface area contributed by atoms with Gasteiger partial charge in [0.1, 0.15) is 6.33 Å². The van der Waals surface area contributed by atoms with Gasteiger partial charge in [-0.2, -0.15) is 15.2 Å². The highest BCUT2D eigenvalue weighted by molar-refractivity contribution is 6.01. The van der Waals surface area contributed by atoms with Gasteiger partial charge < -0.3 is 0 Å². The molecule has 2 N–H and O–H groups in total. The quantitative estimate of drug-likeness (QED) is 0.686. The SMILES string of the molecule is O=C(Nc1ncn[nH]1)c1cccnn1. The number of carbonyl (C=O) groups excluding carboxylic acids is 1. The molecule has 70 valence electrons. The van der Waals surface area contributed by atoms with Crippen molar-refractivity contribution in [1.82, 2.24) is 25.4 Å². The van der Waals surface area contributed by atoms with E-state index in [1.165, 1.54) is 12.5 Å². The van der Waals surface area contributed by atoms with E-state index < -0.39 is 0 Å². The Bertz CT molecular complexity index is 411. The van der Waals surface area contributed by atoms with Crippen molar-refractivity contribution in [3.05, 3.63) is 30.4 Å². The average Bonchev–Trinajstić information content (AvgIpc) is 2.72. The topological polar surface area (TPSA) is 96.5 Å². The monoisotopic (exact) mass is 190 g/mol. The van der Waals surface area contributed by atoms with Gasteiger partial charge in [-0.25, -0.2) is 5.10 Å². The van der Waals surface area contributed by atoms with E-state index in [1.54, 1.807) is 12.1 Å². The Hall–Kier alpha value is -2.31. The van der Waals surface area contributed by atoms with Crippen LogP contribution in [0, 0.1) is 0 Å². The van der Waals surface area contributed by atoms with Crippen molar-refractivity contribution in [3.63, 3.8) is 0 Å². The molecule has 0 aliphatic carbocycles. The molecule has 2 heterocycles. The Morgan fingerprint density at radius 2 is 2.43 bits per heavy atom. The molecule has 0 fully saturated rings. The fraction of sp³-hybridized carbons (Fsp3) is 0. The maximum atomic E-state index is 11.4. The van der Waals surface area contributed by atoms with Crippen LogP contribution >= 0.6 is 0 Å². The fourth-order valence-electron chi connectivity index (χ4n) is 0.860. The van der Waals surface area contributed by atoms with Crippen LogP contribution in [0.25, 0.3) is 0 Å². The smallest absolute Gasteiger partial charge is 0.278 e. The summed E-state index contributed by atoms with van der Waals surface area (Å²) in [5.41, 5.74) is 0.226. The summed E-state index contributed by atoms with van der Waals surface area (Å²) in [6.45, 7) is 0. The van der Waals surface area contributed by atoms with Crippen molar-refractivity contribution in [1.29, 1.82) is 0 Å². The molecule has 7 heteroatoms. The van der Waals surface area contributed by atoms with E-state index in [-0.39, 0.29) is 17.5 Å². The molecule has 0 atom stereocenters. The van der Waals surface area contributed by atoms with Gasteiger partial charge in [0.25, 0.3) is 5.91 Å². The number of anilines is 1. The lowest BCUT2D eigenvalue weighted by Crippen LogP contribution is -2.14. The lowest BCUT2D eigenvalue weighted by molar-refractivity contribution is 0.102. The Morgan fingerprint density at radius 1 is 1.50 bits per heavy atom. The second kappa shape index (κ2) is 3.60. The Balaban J connectivity index is 2.11. The van der Waals surface area contributed by atoms with Crippen LogP contribution in [-0.4, -0.2) is 31.3 Å². The number of H-pyrrole nitrogens is 1. The van der Waals surface area contributed by atoms with Crippen LogP contribution in [-0.2, 0) is 0 Å². The minimum absolute atomic E-state index is 0.226. The van der Waals surface area contributed by atoms with Crippen molar-refractivity contribution in [2.45, 2.75) is 0 Å². The molecule has 0 saturated heterocycles. The first-order chi connectivity index (χ1) is 6.86. The summed E-state index contributed by atoms with van der Waals surface area (Å²) in [6.07, 6.45) is 2.79. The van der Waals surface area contributed by atoms with Crippen molar-refractivity contribution in [2.75, 3.05) is 5.32 Å². The minimum atomic E-state index is -0.380. The van der Waals surface area contributed by atoms with Gasteiger partial charge in [0.15, 0.2) is 5.69 Å². The number of hydrogen-bond acceptors (Lipinski definition) is 5. The van der Waals surface area contributed by atoms with Gasteiger partial charge in [-0.15, -0.1) is 5.10 Å². The second-order valence-corrected chi connectivity index (χ2v) is 2.40. The highest BCUT2D eigenvalue weighted by atomic mass is 16.2. The molecule has 0 bridgehead atoms. The molecule has 2 aromatic rings. The zero-order valence-electron chi connectivity index (χ0n) is 7.01. The first-order valence-corrected chi connectivity index (χ1v) is 3.80. The summed E-state index contributed by atoms with van der Waals surface area (Å²) in [6, 6.07) is 3.18. The molecule has 1 amide bonds. The van der Waals surface area contributed by atoms with Crippen LogP contribution in [0.15, 0.2) is 24.7 Å². The van der Waals surface area contributed by atoms with Crippen molar-refractivity contribution in [2.24, 2.45) is 0 Å². The van der Waals surface area contributed by atoms with Crippen molar-refractivity contribution < 1.29 is 4.79 Å². The summed E-state index contributed by atoms with van der Waals surface area (Å²) in [4.78, 5) is 15.1. The molecule has 2 aromatic heterocycles. The lowest BCUT2D eigenvalue weighted by Gasteiger charge is -1.97. The first kappa shape index (κ1) is 8.30. The third-order valence-corrected chi connectivity index (χ3v) is 1.45. The van der Waals surface area contributed by atoms with E-state index in [1.807, 2.05) is 0 Å². The predicted molar refractivity (Wildman–Crippen MR) is 46.4 cm³/mol. The molecular formula is C7H6N6O. The van der Waals surface area contributed by atoms with Crippen LogP contribution in [0.2, 0.25) is 0 Å². The summed E-state index contributed by atoms with van der Waals surface area (Å²) in [5.74, 6) is -0.101. The molecule has 0 aliphatic rings. The third-order valence-electron chi connectivity index (χ3n) is 1.45. The number of hydrogen-bond donors (Lipinski definition) is 2. The first-order valence-electron chi connectivity index (χ1n) is 3.80. The van der Waals surface area contributed by atoms with Gasteiger partial charge in [-0.05, 0) is 12.1 Å². The molecule has 0 radical (unpaired) electrons. The summed E-state index contributed by atoms with van der Waals surface area (Å²) >= 11 is 0. The molecule has 0 saturated carbocycles. The van der Waals surface area contributed by atoms with E-state index in [4.69, 9.17) is 0 Å². The minimum Gasteiger partial charge on any atom is -0.289 e. The molecule has 0 unspecified atom stereocenters. The molecule has 7 nitrogen and oxygen atoms in total. The highest BCUT2D eigenvalue weighted by Gasteiger charge is 2.08. The maximum absolute atomic E-state index is 11.4. The van der Waals surface area contributed by atoms with Crippen LogP contribution in [0.4, 0.5) is 5.95 Å². The molecule has 0 spiro atoms. The van der Waals surface area contributed by atoms with Crippen LogP contribution < -0.4 is 5.32 Å². The van der Waals surface area contributed by atoms with E-state index in [0.717, 1.165) is 0 Å². The van der Waals surface area contributed by atoms with Crippen LogP contribution in [0.5, 0.6) is 0 Å². The van der Waals surface area contributed by atoms with E-state index >= 15 is 0 Å². The molecule has 0 aliphatic heterocycles. The Kier molecular flexibility index (Phi) is 2.14. The van der Waals surface area contributed by atoms with E-state index in [9.17, 15) is 4.79 Å². The number of nitrogens with one attached hydrogen (secondary N) is 2. The Morgan fingerprint density at radius 3 is 3.07 bits per heavy atom. The predicted octanol–water partition coefficient (Wildman–Crippen LogP) is -0.153. The van der Waals surface area contributed by atoms with Crippen molar-refractivity contribution >= 4 is 11.9 Å². The maximum Gasteiger partial charge on any atom is 0.278 e. The number of rotatable bonds is 2. The highest BCUT2D eigenvalue weighted by Crippen LogP contribution is 1.97. The zero-order chi connectivity index (χ0) is 9.80. The zero-order valence-corrected chi connectivity index (χ0v) is 7.01. The fourth-order valence-corrected chi connectivity index (χ4v) is 0.860. The van der Waals surface area contributed by atoms with Crippen LogP contribution in [0.3, 0.4) is 0 Å². The van der Waals surface area contributed by atoms with Gasteiger partial charge in [-0.3, -0.25) is 10.1 Å². The van der Waals surface area contributed by atoms with Gasteiger partial charge in [0.05, 0.1) is 0 Å². The number of aromatic amines is 1. The standard InChI is InChI=1S/C7H6N6O/c14-6(5-2-1-3-9-12-5)11-7-8-4-10-13-7/h1-4H,(H2,8,10,11,13,14). The third kappa shape index (κ3) is 1.71. The van der Waals surface area contributed by atoms with Crippen LogP contribution in [0.1, 0.15) is 10.5 Å². The molecule has 0 aromatic carbocycles. The average molecular weight is 190 g/mol. The number of carbonyl (C=O) groups is 1. The number of nitrogens with zero attached hydrogens (tertiary/aromatic N) is 4. The second-order valence-electron chi connectivity index (χ2n) is 2.40. The normalized spacial score (nSPS) is 9.71. The number of amides is 1. The van der Waals surface area contributed by atoms with Gasteiger partial charge >= 0.3 is 0 Å². The lowest BCUT2D eigenvalue weighted by atomic mass is 10.4. The number of aromatic nitrogens is 5. The van der Waals surface area contributed by atoms with Gasteiger partial charge in [0.2, 0.25) is 5.95 Å². The van der Waals surface area contributed by atoms with Gasteiger partial charge in [0, 0.05) is 6.20 Å². The molecule has 14 heavy (non-hydrogen) atoms. The molecule has 2 rings (SSSR count). The summed E-state index contributed by atoms with van der Waals surface area (Å²) < 4.78 is 0. The van der Waals surface area contributed by atoms with E-state index in [2.05, 4.69) is 30.7 Å². The summed E-state index contributed by atoms with van der Waals surface area (Å²) in [5, 5.41) is 15.8.